The topological polar surface area (TPSA) is 309 Å². The van der Waals surface area contributed by atoms with Gasteiger partial charge in [-0.3, -0.25) is 0 Å². The predicted molar refractivity (Wildman–Crippen MR) is 424 cm³/mol. The van der Waals surface area contributed by atoms with Crippen molar-refractivity contribution >= 4 is 70.5 Å². The fourth-order valence-corrected chi connectivity index (χ4v) is 16.2. The van der Waals surface area contributed by atoms with E-state index in [4.69, 9.17) is 44.1 Å². The van der Waals surface area contributed by atoms with Crippen LogP contribution in [-0.2, 0) is 14.2 Å². The Bertz CT molecular complexity index is 3620. The van der Waals surface area contributed by atoms with Gasteiger partial charge in [0.1, 0.15) is 17.5 Å². The highest BCUT2D eigenvalue weighted by Gasteiger charge is 2.32. The number of aliphatic hydroxyl groups excluding tert-OH is 3. The van der Waals surface area contributed by atoms with E-state index in [1.165, 1.54) is 0 Å². The molecule has 9 fully saturated rings. The number of amides is 6. The number of carbonyl (C=O) groups excluding carboxylic acids is 3. The van der Waals surface area contributed by atoms with E-state index < -0.39 is 0 Å². The third-order valence-corrected chi connectivity index (χ3v) is 23.1. The molecule has 0 bridgehead atoms. The van der Waals surface area contributed by atoms with Gasteiger partial charge in [-0.25, -0.2) is 29.3 Å². The van der Waals surface area contributed by atoms with E-state index in [-0.39, 0.29) is 54.5 Å². The van der Waals surface area contributed by atoms with Crippen LogP contribution in [0.1, 0.15) is 134 Å². The van der Waals surface area contributed by atoms with Crippen LogP contribution in [0.5, 0.6) is 0 Å². The Labute approximate surface area is 636 Å². The van der Waals surface area contributed by atoms with E-state index >= 15 is 0 Å². The highest BCUT2D eigenvalue weighted by Crippen LogP contribution is 2.36. The molecule has 9 heterocycles. The Morgan fingerprint density at radius 1 is 0.380 bits per heavy atom. The van der Waals surface area contributed by atoms with Gasteiger partial charge in [0, 0.05) is 149 Å². The zero-order valence-corrected chi connectivity index (χ0v) is 64.1. The molecular weight excluding hydrogens is 1370 g/mol. The number of urea groups is 3. The molecule has 3 aromatic heterocycles. The van der Waals surface area contributed by atoms with Crippen molar-refractivity contribution in [1.29, 1.82) is 0 Å². The largest absolute Gasteiger partial charge is 0.393 e. The number of aryl methyl sites for hydroxylation is 3. The number of benzene rings is 3. The molecule has 9 N–H and O–H groups in total. The molecule has 3 saturated carbocycles. The molecule has 108 heavy (non-hydrogen) atoms. The van der Waals surface area contributed by atoms with E-state index in [1.54, 1.807) is 0 Å². The Kier molecular flexibility index (Phi) is 26.3. The Hall–Kier alpha value is -8.73. The molecule has 582 valence electrons. The first kappa shape index (κ1) is 77.4. The zero-order chi connectivity index (χ0) is 75.2. The number of ether oxygens (including phenoxy) is 3. The van der Waals surface area contributed by atoms with Crippen molar-refractivity contribution in [3.05, 3.63) is 89.5 Å². The van der Waals surface area contributed by atoms with Gasteiger partial charge >= 0.3 is 18.1 Å². The van der Waals surface area contributed by atoms with Gasteiger partial charge in [0.2, 0.25) is 17.8 Å². The molecule has 9 atom stereocenters. The molecule has 27 heteroatoms. The summed E-state index contributed by atoms with van der Waals surface area (Å²) < 4.78 is 16.6. The van der Waals surface area contributed by atoms with Crippen LogP contribution >= 0.6 is 0 Å². The number of carbonyl (C=O) groups is 3. The van der Waals surface area contributed by atoms with E-state index in [2.05, 4.69) is 88.1 Å². The van der Waals surface area contributed by atoms with Crippen molar-refractivity contribution in [3.8, 4) is 33.8 Å². The zero-order valence-electron chi connectivity index (χ0n) is 64.1. The van der Waals surface area contributed by atoms with Crippen molar-refractivity contribution in [1.82, 2.24) is 44.6 Å². The number of nitrogens with zero attached hydrogens (tertiary/aromatic N) is 12. The quantitative estimate of drug-likeness (QED) is 0.0386. The SMILES string of the molecule is CC[C@@H]1CCN(C(=O)Nc2ccc(C)c(-c3cc(N4CCOCC4)nc(NC4CCC(O)C4)n3)c2)C1.CC[C@@H]1CCN(C(=O)Nc2ccc(C)c(-c3cc(N4CCOCC4)nc(N[C@@H]4CC[C@@H](O)C4)n3)c2)C1.CC[C@@H]1CCN(C(=O)Nc2ccc(C)c(-c3cc(N4CCOCC4)nc(N[C@H]4CC[C@H](O)C4)n3)c2)C1. The minimum atomic E-state index is -0.268. The molecule has 6 amide bonds. The molecule has 6 aromatic rings. The number of nitrogens with one attached hydrogen (secondary N) is 6. The van der Waals surface area contributed by atoms with Crippen molar-refractivity contribution < 1.29 is 43.9 Å². The average Bonchev–Trinajstić information content (AvgIpc) is 1.14. The van der Waals surface area contributed by atoms with Crippen LogP contribution in [-0.4, -0.2) is 233 Å². The molecule has 0 radical (unpaired) electrons. The number of aliphatic hydroxyl groups is 3. The predicted octanol–water partition coefficient (Wildman–Crippen LogP) is 11.6. The van der Waals surface area contributed by atoms with Gasteiger partial charge in [0.05, 0.1) is 75.0 Å². The summed E-state index contributed by atoms with van der Waals surface area (Å²) in [4.78, 5) is 80.2. The van der Waals surface area contributed by atoms with E-state index in [0.29, 0.717) is 94.5 Å². The first-order valence-corrected chi connectivity index (χ1v) is 39.9. The van der Waals surface area contributed by atoms with Gasteiger partial charge < -0.3 is 90.8 Å². The van der Waals surface area contributed by atoms with Crippen LogP contribution in [0.3, 0.4) is 0 Å². The molecule has 9 aliphatic rings. The normalized spacial score (nSPS) is 24.2. The molecular formula is C81H114N18O9. The second kappa shape index (κ2) is 36.7. The second-order valence-corrected chi connectivity index (χ2v) is 30.9. The molecule has 15 rings (SSSR count). The first-order valence-electron chi connectivity index (χ1n) is 39.9. The van der Waals surface area contributed by atoms with Gasteiger partial charge in [0.25, 0.3) is 0 Å². The molecule has 6 aliphatic heterocycles. The maximum atomic E-state index is 12.9. The van der Waals surface area contributed by atoms with Crippen molar-refractivity contribution in [2.75, 3.05) is 165 Å². The first-order chi connectivity index (χ1) is 52.4. The molecule has 2 unspecified atom stereocenters. The fourth-order valence-electron chi connectivity index (χ4n) is 16.2. The summed E-state index contributed by atoms with van der Waals surface area (Å²) in [6.45, 7) is 26.3. The standard InChI is InChI=1S/3C27H38N6O3/c3*1-3-19-8-9-33(17-19)27(35)29-21-5-4-18(2)23(15-21)24-16-25(32-10-12-36-13-11-32)31-26(30-24)28-20-6-7-22(34)14-20/h3*4-5,15-16,19-20,22,34H,3,6-14,17H2,1-2H3,(H,29,35)(H,28,30,31)/t19-,20?,22?;19-,20+,22+;19-,20-,22-/m111/s1. The molecule has 0 spiro atoms. The van der Waals surface area contributed by atoms with Crippen LogP contribution in [0.25, 0.3) is 33.8 Å². The van der Waals surface area contributed by atoms with Crippen LogP contribution in [0.2, 0.25) is 0 Å². The van der Waals surface area contributed by atoms with Crippen LogP contribution in [0.15, 0.2) is 72.8 Å². The van der Waals surface area contributed by atoms with Gasteiger partial charge in [-0.05, 0) is 169 Å². The summed E-state index contributed by atoms with van der Waals surface area (Å²) >= 11 is 0. The summed E-state index contributed by atoms with van der Waals surface area (Å²) in [5.74, 6) is 6.09. The lowest BCUT2D eigenvalue weighted by Crippen LogP contribution is -2.37. The number of anilines is 9. The number of morpholine rings is 3. The lowest BCUT2D eigenvalue weighted by atomic mass is 10.0. The number of rotatable bonds is 18. The monoisotopic (exact) mass is 1480 g/mol. The third-order valence-electron chi connectivity index (χ3n) is 23.1. The Morgan fingerprint density at radius 2 is 0.657 bits per heavy atom. The van der Waals surface area contributed by atoms with Crippen molar-refractivity contribution in [3.63, 3.8) is 0 Å². The van der Waals surface area contributed by atoms with Crippen LogP contribution < -0.4 is 46.6 Å². The molecule has 6 saturated heterocycles. The minimum Gasteiger partial charge on any atom is -0.393 e. The maximum Gasteiger partial charge on any atom is 0.321 e. The smallest absolute Gasteiger partial charge is 0.321 e. The summed E-state index contributed by atoms with van der Waals surface area (Å²) in [5.41, 5.74) is 10.9. The fraction of sp³-hybridized carbons (Fsp3) is 0.593. The van der Waals surface area contributed by atoms with E-state index in [9.17, 15) is 29.7 Å². The third kappa shape index (κ3) is 20.4. The lowest BCUT2D eigenvalue weighted by molar-refractivity contribution is 0.122. The maximum absolute atomic E-state index is 12.9. The highest BCUT2D eigenvalue weighted by atomic mass is 16.5. The number of aromatic nitrogens is 6. The van der Waals surface area contributed by atoms with Gasteiger partial charge in [-0.1, -0.05) is 58.2 Å². The molecule has 3 aliphatic carbocycles. The van der Waals surface area contributed by atoms with E-state index in [0.717, 1.165) is 241 Å². The van der Waals surface area contributed by atoms with Gasteiger partial charge in [-0.2, -0.15) is 15.0 Å². The van der Waals surface area contributed by atoms with Crippen molar-refractivity contribution in [2.24, 2.45) is 17.8 Å². The summed E-state index contributed by atoms with van der Waals surface area (Å²) in [7, 11) is 0. The number of hydrogen-bond donors (Lipinski definition) is 9. The lowest BCUT2D eigenvalue weighted by Gasteiger charge is -2.28. The summed E-state index contributed by atoms with van der Waals surface area (Å²) in [5, 5.41) is 49.6. The Morgan fingerprint density at radius 3 is 0.898 bits per heavy atom. The molecule has 3 aromatic carbocycles. The van der Waals surface area contributed by atoms with Crippen LogP contribution in [0, 0.1) is 38.5 Å². The summed E-state index contributed by atoms with van der Waals surface area (Å²) in [6, 6.07) is 24.4. The van der Waals surface area contributed by atoms with Crippen LogP contribution in [0.4, 0.5) is 66.7 Å². The Balaban J connectivity index is 0.000000143. The number of likely N-dealkylation sites (tertiary alicyclic amines) is 3. The molecule has 27 nitrogen and oxygen atoms in total. The number of hydrogen-bond acceptors (Lipinski definition) is 21. The van der Waals surface area contributed by atoms with Gasteiger partial charge in [-0.15, -0.1) is 0 Å². The second-order valence-electron chi connectivity index (χ2n) is 30.9. The van der Waals surface area contributed by atoms with Crippen molar-refractivity contribution in [2.45, 2.75) is 174 Å². The van der Waals surface area contributed by atoms with Gasteiger partial charge in [0.15, 0.2) is 0 Å². The average molecular weight is 1480 g/mol. The highest BCUT2D eigenvalue weighted by molar-refractivity contribution is 5.92. The van der Waals surface area contributed by atoms with E-state index in [1.807, 2.05) is 87.5 Å². The minimum absolute atomic E-state index is 0.0420. The summed E-state index contributed by atoms with van der Waals surface area (Å²) in [6.07, 6.45) is 12.9.